The molecule has 0 aliphatic heterocycles. The van der Waals surface area contributed by atoms with Gasteiger partial charge >= 0.3 is 11.9 Å². The molecule has 0 fully saturated rings. The second-order valence-electron chi connectivity index (χ2n) is 4.55. The van der Waals surface area contributed by atoms with E-state index in [0.717, 1.165) is 0 Å². The maximum atomic E-state index is 12.0. The maximum absolute atomic E-state index is 12.0. The molecule has 24 heavy (non-hydrogen) atoms. The van der Waals surface area contributed by atoms with Crippen LogP contribution < -0.4 is 5.32 Å². The smallest absolute Gasteiger partial charge is 0.343 e. The summed E-state index contributed by atoms with van der Waals surface area (Å²) in [6.07, 6.45) is 2.73. The fraction of sp³-hybridized carbons (Fsp3) is 0.188. The SMILES string of the molecule is CCOC(=O)c1cn[nH]c1NC=C(C(=O)OC)c1ccccc1Cl. The number of rotatable bonds is 6. The average Bonchev–Trinajstić information content (AvgIpc) is 3.05. The minimum Gasteiger partial charge on any atom is -0.465 e. The molecule has 0 saturated heterocycles. The molecular weight excluding hydrogens is 334 g/mol. The van der Waals surface area contributed by atoms with Gasteiger partial charge in [-0.3, -0.25) is 5.10 Å². The molecule has 1 heterocycles. The fourth-order valence-electron chi connectivity index (χ4n) is 1.94. The Kier molecular flexibility index (Phi) is 5.97. The third-order valence-electron chi connectivity index (χ3n) is 3.06. The Labute approximate surface area is 143 Å². The lowest BCUT2D eigenvalue weighted by molar-refractivity contribution is -0.133. The van der Waals surface area contributed by atoms with Gasteiger partial charge in [-0.2, -0.15) is 5.10 Å². The van der Waals surface area contributed by atoms with Gasteiger partial charge < -0.3 is 14.8 Å². The molecule has 126 valence electrons. The topological polar surface area (TPSA) is 93.3 Å². The molecule has 0 radical (unpaired) electrons. The molecule has 0 saturated carbocycles. The number of esters is 2. The van der Waals surface area contributed by atoms with Gasteiger partial charge in [0.05, 0.1) is 25.5 Å². The van der Waals surface area contributed by atoms with Crippen LogP contribution in [-0.4, -0.2) is 35.9 Å². The zero-order chi connectivity index (χ0) is 17.5. The summed E-state index contributed by atoms with van der Waals surface area (Å²) in [4.78, 5) is 23.9. The Hall–Kier alpha value is -2.80. The van der Waals surface area contributed by atoms with Crippen molar-refractivity contribution < 1.29 is 19.1 Å². The van der Waals surface area contributed by atoms with Gasteiger partial charge in [0.1, 0.15) is 11.4 Å². The van der Waals surface area contributed by atoms with Crippen LogP contribution in [0.15, 0.2) is 36.7 Å². The summed E-state index contributed by atoms with van der Waals surface area (Å²) in [6, 6.07) is 6.85. The van der Waals surface area contributed by atoms with Gasteiger partial charge in [-0.1, -0.05) is 29.8 Å². The fourth-order valence-corrected chi connectivity index (χ4v) is 2.18. The van der Waals surface area contributed by atoms with E-state index in [1.165, 1.54) is 19.5 Å². The molecule has 2 rings (SSSR count). The van der Waals surface area contributed by atoms with Gasteiger partial charge in [-0.05, 0) is 13.0 Å². The van der Waals surface area contributed by atoms with Crippen LogP contribution in [0.4, 0.5) is 5.82 Å². The quantitative estimate of drug-likeness (QED) is 0.615. The van der Waals surface area contributed by atoms with Crippen LogP contribution in [0.1, 0.15) is 22.8 Å². The van der Waals surface area contributed by atoms with E-state index in [2.05, 4.69) is 15.5 Å². The number of H-pyrrole nitrogens is 1. The predicted molar refractivity (Wildman–Crippen MR) is 89.6 cm³/mol. The lowest BCUT2D eigenvalue weighted by atomic mass is 10.1. The molecule has 1 aromatic carbocycles. The van der Waals surface area contributed by atoms with Crippen LogP contribution in [0.25, 0.3) is 5.57 Å². The van der Waals surface area contributed by atoms with E-state index in [9.17, 15) is 9.59 Å². The number of hydrogen-bond donors (Lipinski definition) is 2. The Bertz CT molecular complexity index is 770. The highest BCUT2D eigenvalue weighted by Gasteiger charge is 2.17. The summed E-state index contributed by atoms with van der Waals surface area (Å²) in [5.74, 6) is -0.811. The van der Waals surface area contributed by atoms with Crippen molar-refractivity contribution in [2.24, 2.45) is 0 Å². The van der Waals surface area contributed by atoms with Crippen LogP contribution in [0, 0.1) is 0 Å². The van der Waals surface area contributed by atoms with E-state index >= 15 is 0 Å². The van der Waals surface area contributed by atoms with Crippen molar-refractivity contribution in [3.8, 4) is 0 Å². The molecular formula is C16H16ClN3O4. The van der Waals surface area contributed by atoms with Crippen LogP contribution in [0.2, 0.25) is 5.02 Å². The Morgan fingerprint density at radius 2 is 2.08 bits per heavy atom. The maximum Gasteiger partial charge on any atom is 0.343 e. The van der Waals surface area contributed by atoms with Gasteiger partial charge in [0.25, 0.3) is 0 Å². The molecule has 1 aromatic heterocycles. The number of hydrogen-bond acceptors (Lipinski definition) is 6. The zero-order valence-corrected chi connectivity index (χ0v) is 13.9. The summed E-state index contributed by atoms with van der Waals surface area (Å²) in [7, 11) is 1.27. The Balaban J connectivity index is 2.33. The summed E-state index contributed by atoms with van der Waals surface area (Å²) in [5, 5.41) is 9.66. The first-order valence-electron chi connectivity index (χ1n) is 7.08. The number of anilines is 1. The monoisotopic (exact) mass is 349 g/mol. The first-order chi connectivity index (χ1) is 11.6. The third kappa shape index (κ3) is 3.94. The molecule has 0 aliphatic rings. The van der Waals surface area contributed by atoms with Crippen molar-refractivity contribution in [1.82, 2.24) is 10.2 Å². The molecule has 0 amide bonds. The van der Waals surface area contributed by atoms with Crippen molar-refractivity contribution in [2.45, 2.75) is 6.92 Å². The van der Waals surface area contributed by atoms with E-state index in [1.807, 2.05) is 0 Å². The molecule has 2 N–H and O–H groups in total. The molecule has 7 nitrogen and oxygen atoms in total. The Morgan fingerprint density at radius 1 is 1.33 bits per heavy atom. The highest BCUT2D eigenvalue weighted by Crippen LogP contribution is 2.25. The number of carbonyl (C=O) groups is 2. The van der Waals surface area contributed by atoms with Crippen molar-refractivity contribution in [3.63, 3.8) is 0 Å². The number of ether oxygens (including phenoxy) is 2. The third-order valence-corrected chi connectivity index (χ3v) is 3.39. The number of nitrogens with one attached hydrogen (secondary N) is 2. The van der Waals surface area contributed by atoms with Crippen LogP contribution in [0.3, 0.4) is 0 Å². The summed E-state index contributed by atoms with van der Waals surface area (Å²) >= 11 is 6.13. The first-order valence-corrected chi connectivity index (χ1v) is 7.46. The van der Waals surface area contributed by atoms with Crippen molar-refractivity contribution in [1.29, 1.82) is 0 Å². The molecule has 0 aliphatic carbocycles. The largest absolute Gasteiger partial charge is 0.465 e. The van der Waals surface area contributed by atoms with Gasteiger partial charge in [0.15, 0.2) is 0 Å². The molecule has 8 heteroatoms. The van der Waals surface area contributed by atoms with Crippen molar-refractivity contribution in [2.75, 3.05) is 19.0 Å². The standard InChI is InChI=1S/C16H16ClN3O4/c1-3-24-16(22)12-9-19-20-14(12)18-8-11(15(21)23-2)10-6-4-5-7-13(10)17/h4-9H,3H2,1-2H3,(H2,18,19,20). The van der Waals surface area contributed by atoms with Crippen molar-refractivity contribution in [3.05, 3.63) is 52.8 Å². The van der Waals surface area contributed by atoms with E-state index in [1.54, 1.807) is 31.2 Å². The van der Waals surface area contributed by atoms with E-state index in [-0.39, 0.29) is 17.7 Å². The molecule has 2 aromatic rings. The number of carbonyl (C=O) groups excluding carboxylic acids is 2. The number of nitrogens with zero attached hydrogens (tertiary/aromatic N) is 1. The van der Waals surface area contributed by atoms with E-state index in [4.69, 9.17) is 21.1 Å². The first kappa shape index (κ1) is 17.6. The number of methoxy groups -OCH3 is 1. The zero-order valence-electron chi connectivity index (χ0n) is 13.1. The van der Waals surface area contributed by atoms with Crippen LogP contribution >= 0.6 is 11.6 Å². The van der Waals surface area contributed by atoms with Crippen LogP contribution in [-0.2, 0) is 14.3 Å². The lowest BCUT2D eigenvalue weighted by Crippen LogP contribution is -2.09. The lowest BCUT2D eigenvalue weighted by Gasteiger charge is -2.09. The predicted octanol–water partition coefficient (Wildman–Crippen LogP) is 2.87. The van der Waals surface area contributed by atoms with Crippen LogP contribution in [0.5, 0.6) is 0 Å². The Morgan fingerprint density at radius 3 is 2.75 bits per heavy atom. The number of aromatic nitrogens is 2. The summed E-state index contributed by atoms with van der Waals surface area (Å²) in [5.41, 5.74) is 0.916. The number of aromatic amines is 1. The second kappa shape index (κ2) is 8.16. The number of halogens is 1. The molecule has 0 spiro atoms. The second-order valence-corrected chi connectivity index (χ2v) is 4.96. The molecule has 0 atom stereocenters. The summed E-state index contributed by atoms with van der Waals surface area (Å²) in [6.45, 7) is 1.95. The molecule has 0 bridgehead atoms. The number of benzene rings is 1. The van der Waals surface area contributed by atoms with E-state index < -0.39 is 11.9 Å². The summed E-state index contributed by atoms with van der Waals surface area (Å²) < 4.78 is 9.72. The van der Waals surface area contributed by atoms with Gasteiger partial charge in [0, 0.05) is 16.8 Å². The van der Waals surface area contributed by atoms with Crippen molar-refractivity contribution >= 4 is 34.9 Å². The highest BCUT2D eigenvalue weighted by molar-refractivity contribution is 6.34. The normalized spacial score (nSPS) is 11.0. The minimum atomic E-state index is -0.576. The van der Waals surface area contributed by atoms with Gasteiger partial charge in [-0.25, -0.2) is 9.59 Å². The highest BCUT2D eigenvalue weighted by atomic mass is 35.5. The van der Waals surface area contributed by atoms with Gasteiger partial charge in [0.2, 0.25) is 0 Å². The minimum absolute atomic E-state index is 0.201. The van der Waals surface area contributed by atoms with Gasteiger partial charge in [-0.15, -0.1) is 0 Å². The molecule has 0 unspecified atom stereocenters. The van der Waals surface area contributed by atoms with E-state index in [0.29, 0.717) is 16.4 Å². The average molecular weight is 350 g/mol.